The Labute approximate surface area is 190 Å². The number of hydrogen-bond acceptors (Lipinski definition) is 6. The summed E-state index contributed by atoms with van der Waals surface area (Å²) in [5, 5.41) is 12.9. The van der Waals surface area contributed by atoms with Crippen molar-refractivity contribution in [3.63, 3.8) is 0 Å². The summed E-state index contributed by atoms with van der Waals surface area (Å²) in [5.74, 6) is 0.545. The van der Waals surface area contributed by atoms with Crippen molar-refractivity contribution in [1.29, 1.82) is 5.26 Å². The molecule has 2 aromatic carbocycles. The van der Waals surface area contributed by atoms with Crippen LogP contribution in [0.4, 0.5) is 13.2 Å². The molecule has 1 aliphatic heterocycles. The highest BCUT2D eigenvalue weighted by Crippen LogP contribution is 2.32. The van der Waals surface area contributed by atoms with Gasteiger partial charge in [-0.15, -0.1) is 0 Å². The van der Waals surface area contributed by atoms with Gasteiger partial charge in [0.25, 0.3) is 0 Å². The SMILES string of the molecule is CC(c1nc(-c2cccc(C(F)(F)F)c2)no1)N1CCCN(Cc2ccc(C#N)cc2)CC1. The van der Waals surface area contributed by atoms with E-state index in [1.165, 1.54) is 6.07 Å². The Morgan fingerprint density at radius 2 is 1.88 bits per heavy atom. The van der Waals surface area contributed by atoms with Crippen molar-refractivity contribution in [3.8, 4) is 17.5 Å². The van der Waals surface area contributed by atoms with Crippen LogP contribution >= 0.6 is 0 Å². The molecule has 0 amide bonds. The van der Waals surface area contributed by atoms with E-state index in [0.717, 1.165) is 56.8 Å². The average molecular weight is 455 g/mol. The van der Waals surface area contributed by atoms with Crippen LogP contribution in [0.15, 0.2) is 53.1 Å². The highest BCUT2D eigenvalue weighted by molar-refractivity contribution is 5.55. The summed E-state index contributed by atoms with van der Waals surface area (Å²) in [7, 11) is 0. The van der Waals surface area contributed by atoms with Crippen molar-refractivity contribution in [3.05, 3.63) is 71.1 Å². The number of nitrogens with zero attached hydrogens (tertiary/aromatic N) is 5. The maximum Gasteiger partial charge on any atom is 0.416 e. The third-order valence-corrected chi connectivity index (χ3v) is 5.91. The van der Waals surface area contributed by atoms with Gasteiger partial charge in [-0.1, -0.05) is 29.4 Å². The van der Waals surface area contributed by atoms with Crippen molar-refractivity contribution in [1.82, 2.24) is 19.9 Å². The third kappa shape index (κ3) is 5.59. The van der Waals surface area contributed by atoms with E-state index in [1.807, 2.05) is 31.2 Å². The van der Waals surface area contributed by atoms with Crippen molar-refractivity contribution < 1.29 is 17.7 Å². The number of halogens is 3. The number of hydrogen-bond donors (Lipinski definition) is 0. The Bertz CT molecular complexity index is 1120. The number of nitriles is 1. The fourth-order valence-electron chi connectivity index (χ4n) is 3.99. The normalized spacial score (nSPS) is 16.8. The van der Waals surface area contributed by atoms with E-state index in [4.69, 9.17) is 9.78 Å². The molecule has 0 aliphatic carbocycles. The van der Waals surface area contributed by atoms with E-state index in [9.17, 15) is 13.2 Å². The first-order valence-electron chi connectivity index (χ1n) is 10.8. The van der Waals surface area contributed by atoms with E-state index >= 15 is 0 Å². The van der Waals surface area contributed by atoms with Gasteiger partial charge in [0.15, 0.2) is 0 Å². The van der Waals surface area contributed by atoms with Gasteiger partial charge in [-0.3, -0.25) is 9.80 Å². The van der Waals surface area contributed by atoms with Crippen LogP contribution in [0.1, 0.15) is 42.0 Å². The van der Waals surface area contributed by atoms with Crippen LogP contribution in [0.3, 0.4) is 0 Å². The molecule has 1 aromatic heterocycles. The molecule has 1 fully saturated rings. The lowest BCUT2D eigenvalue weighted by molar-refractivity contribution is -0.137. The van der Waals surface area contributed by atoms with Gasteiger partial charge in [-0.2, -0.15) is 23.4 Å². The van der Waals surface area contributed by atoms with Crippen molar-refractivity contribution >= 4 is 0 Å². The van der Waals surface area contributed by atoms with Crippen LogP contribution in [-0.2, 0) is 12.7 Å². The molecule has 33 heavy (non-hydrogen) atoms. The van der Waals surface area contributed by atoms with Crippen molar-refractivity contribution in [2.75, 3.05) is 26.2 Å². The van der Waals surface area contributed by atoms with Crippen LogP contribution in [0.2, 0.25) is 0 Å². The minimum atomic E-state index is -4.43. The van der Waals surface area contributed by atoms with Crippen LogP contribution in [0.5, 0.6) is 0 Å². The highest BCUT2D eigenvalue weighted by atomic mass is 19.4. The lowest BCUT2D eigenvalue weighted by Gasteiger charge is -2.25. The molecule has 1 aliphatic rings. The largest absolute Gasteiger partial charge is 0.416 e. The Kier molecular flexibility index (Phi) is 6.77. The zero-order valence-corrected chi connectivity index (χ0v) is 18.2. The monoisotopic (exact) mass is 455 g/mol. The van der Waals surface area contributed by atoms with Crippen molar-refractivity contribution in [2.45, 2.75) is 32.1 Å². The van der Waals surface area contributed by atoms with E-state index in [2.05, 4.69) is 26.0 Å². The Morgan fingerprint density at radius 3 is 2.61 bits per heavy atom. The van der Waals surface area contributed by atoms with Crippen LogP contribution in [-0.4, -0.2) is 46.1 Å². The standard InChI is InChI=1S/C24H24F3N5O/c1-17(23-29-22(30-33-23)20-4-2-5-21(14-20)24(25,26)27)32-11-3-10-31(12-13-32)16-19-8-6-18(15-28)7-9-19/h2,4-9,14,17H,3,10-13,16H2,1H3. The molecule has 172 valence electrons. The molecule has 0 bridgehead atoms. The van der Waals surface area contributed by atoms with Crippen LogP contribution in [0.25, 0.3) is 11.4 Å². The number of alkyl halides is 3. The Hall–Kier alpha value is -3.22. The van der Waals surface area contributed by atoms with Crippen LogP contribution < -0.4 is 0 Å². The predicted molar refractivity (Wildman–Crippen MR) is 116 cm³/mol. The summed E-state index contributed by atoms with van der Waals surface area (Å²) in [4.78, 5) is 9.01. The Morgan fingerprint density at radius 1 is 1.09 bits per heavy atom. The highest BCUT2D eigenvalue weighted by Gasteiger charge is 2.31. The van der Waals surface area contributed by atoms with Crippen LogP contribution in [0, 0.1) is 11.3 Å². The molecular formula is C24H24F3N5O. The molecule has 0 N–H and O–H groups in total. The minimum absolute atomic E-state index is 0.146. The first-order valence-corrected chi connectivity index (χ1v) is 10.8. The number of benzene rings is 2. The van der Waals surface area contributed by atoms with Gasteiger partial charge >= 0.3 is 6.18 Å². The quantitative estimate of drug-likeness (QED) is 0.545. The molecule has 1 saturated heterocycles. The maximum atomic E-state index is 13.0. The number of aromatic nitrogens is 2. The lowest BCUT2D eigenvalue weighted by Crippen LogP contribution is -2.32. The zero-order valence-electron chi connectivity index (χ0n) is 18.2. The lowest BCUT2D eigenvalue weighted by atomic mass is 10.1. The molecule has 0 radical (unpaired) electrons. The minimum Gasteiger partial charge on any atom is -0.337 e. The second kappa shape index (κ2) is 9.73. The fraction of sp³-hybridized carbons (Fsp3) is 0.375. The smallest absolute Gasteiger partial charge is 0.337 e. The van der Waals surface area contributed by atoms with E-state index in [1.54, 1.807) is 6.07 Å². The van der Waals surface area contributed by atoms with Gasteiger partial charge in [-0.05, 0) is 49.7 Å². The van der Waals surface area contributed by atoms with Crippen molar-refractivity contribution in [2.24, 2.45) is 0 Å². The molecule has 6 nitrogen and oxygen atoms in total. The summed E-state index contributed by atoms with van der Waals surface area (Å²) in [6.45, 7) is 6.25. The molecule has 1 unspecified atom stereocenters. The molecule has 2 heterocycles. The molecule has 0 saturated carbocycles. The molecule has 9 heteroatoms. The summed E-state index contributed by atoms with van der Waals surface area (Å²) in [5.41, 5.74) is 1.35. The molecule has 4 rings (SSSR count). The van der Waals surface area contributed by atoms with Gasteiger partial charge in [0.05, 0.1) is 23.2 Å². The second-order valence-corrected chi connectivity index (χ2v) is 8.19. The van der Waals surface area contributed by atoms with Gasteiger partial charge in [0.1, 0.15) is 0 Å². The molecule has 3 aromatic rings. The fourth-order valence-corrected chi connectivity index (χ4v) is 3.99. The first kappa shape index (κ1) is 23.0. The zero-order chi connectivity index (χ0) is 23.4. The molecular weight excluding hydrogens is 431 g/mol. The summed E-state index contributed by atoms with van der Waals surface area (Å²) < 4.78 is 44.5. The summed E-state index contributed by atoms with van der Waals surface area (Å²) in [6.07, 6.45) is -3.46. The van der Waals surface area contributed by atoms with Gasteiger partial charge in [0, 0.05) is 31.7 Å². The predicted octanol–water partition coefficient (Wildman–Crippen LogP) is 4.90. The van der Waals surface area contributed by atoms with E-state index < -0.39 is 11.7 Å². The summed E-state index contributed by atoms with van der Waals surface area (Å²) in [6, 6.07) is 14.6. The van der Waals surface area contributed by atoms with E-state index in [0.29, 0.717) is 11.5 Å². The topological polar surface area (TPSA) is 69.2 Å². The second-order valence-electron chi connectivity index (χ2n) is 8.19. The van der Waals surface area contributed by atoms with E-state index in [-0.39, 0.29) is 17.4 Å². The maximum absolute atomic E-state index is 13.0. The number of rotatable bonds is 5. The summed E-state index contributed by atoms with van der Waals surface area (Å²) >= 11 is 0. The average Bonchev–Trinajstić information content (AvgIpc) is 3.20. The van der Waals surface area contributed by atoms with Gasteiger partial charge in [-0.25, -0.2) is 0 Å². The van der Waals surface area contributed by atoms with Gasteiger partial charge in [0.2, 0.25) is 11.7 Å². The Balaban J connectivity index is 1.39. The molecule has 1 atom stereocenters. The first-order chi connectivity index (χ1) is 15.8. The third-order valence-electron chi connectivity index (χ3n) is 5.91. The van der Waals surface area contributed by atoms with Gasteiger partial charge < -0.3 is 4.52 Å². The molecule has 0 spiro atoms.